The molecule has 0 unspecified atom stereocenters. The van der Waals surface area contributed by atoms with Crippen molar-refractivity contribution in [2.45, 2.75) is 13.0 Å². The average molecular weight is 379 g/mol. The number of hydrogen-bond donors (Lipinski definition) is 1. The Morgan fingerprint density at radius 3 is 2.74 bits per heavy atom. The van der Waals surface area contributed by atoms with Gasteiger partial charge in [0.25, 0.3) is 5.91 Å². The van der Waals surface area contributed by atoms with Gasteiger partial charge in [-0.25, -0.2) is 14.5 Å². The van der Waals surface area contributed by atoms with Gasteiger partial charge in [0.2, 0.25) is 0 Å². The van der Waals surface area contributed by atoms with Crippen molar-refractivity contribution in [1.29, 1.82) is 0 Å². The number of hydrogen-bond acceptors (Lipinski definition) is 5. The summed E-state index contributed by atoms with van der Waals surface area (Å²) in [7, 11) is 0. The molecule has 0 aliphatic carbocycles. The highest BCUT2D eigenvalue weighted by Gasteiger charge is 2.11. The molecule has 4 aromatic rings. The average Bonchev–Trinajstić information content (AvgIpc) is 3.32. The van der Waals surface area contributed by atoms with Crippen molar-refractivity contribution in [1.82, 2.24) is 24.5 Å². The minimum absolute atomic E-state index is 0.177. The Hall–Kier alpha value is -3.26. The third-order valence-corrected chi connectivity index (χ3v) is 4.97. The van der Waals surface area contributed by atoms with E-state index in [-0.39, 0.29) is 11.6 Å². The maximum atomic E-state index is 12.3. The van der Waals surface area contributed by atoms with E-state index in [9.17, 15) is 9.59 Å². The zero-order valence-corrected chi connectivity index (χ0v) is 15.2. The highest BCUT2D eigenvalue weighted by Crippen LogP contribution is 2.23. The van der Waals surface area contributed by atoms with Crippen LogP contribution in [-0.4, -0.2) is 31.6 Å². The summed E-state index contributed by atoms with van der Waals surface area (Å²) in [6, 6.07) is 15.2. The van der Waals surface area contributed by atoms with Crippen LogP contribution in [0.5, 0.6) is 0 Å². The first kappa shape index (κ1) is 17.2. The van der Waals surface area contributed by atoms with E-state index < -0.39 is 0 Å². The molecule has 0 spiro atoms. The number of aromatic nitrogens is 4. The molecule has 1 N–H and O–H groups in total. The van der Waals surface area contributed by atoms with Crippen molar-refractivity contribution < 1.29 is 4.79 Å². The van der Waals surface area contributed by atoms with Gasteiger partial charge in [-0.2, -0.15) is 0 Å². The molecule has 8 heteroatoms. The van der Waals surface area contributed by atoms with Gasteiger partial charge >= 0.3 is 5.69 Å². The fourth-order valence-corrected chi connectivity index (χ4v) is 3.53. The molecule has 27 heavy (non-hydrogen) atoms. The number of amides is 1. The monoisotopic (exact) mass is 379 g/mol. The number of rotatable bonds is 6. The Balaban J connectivity index is 1.33. The van der Waals surface area contributed by atoms with E-state index in [0.717, 1.165) is 10.6 Å². The molecule has 3 heterocycles. The first-order valence-electron chi connectivity index (χ1n) is 8.56. The van der Waals surface area contributed by atoms with Crippen LogP contribution in [-0.2, 0) is 6.54 Å². The second kappa shape index (κ2) is 7.55. The van der Waals surface area contributed by atoms with Crippen molar-refractivity contribution in [3.8, 4) is 10.6 Å². The number of carbonyl (C=O) groups excluding carboxylic acids is 1. The topological polar surface area (TPSA) is 81.3 Å². The lowest BCUT2D eigenvalue weighted by atomic mass is 10.2. The lowest BCUT2D eigenvalue weighted by molar-refractivity contribution is 0.0948. The van der Waals surface area contributed by atoms with E-state index in [1.165, 1.54) is 20.4 Å². The number of thiazole rings is 1. The summed E-state index contributed by atoms with van der Waals surface area (Å²) in [5, 5.41) is 9.68. The Kier molecular flexibility index (Phi) is 4.80. The summed E-state index contributed by atoms with van der Waals surface area (Å²) in [4.78, 5) is 28.8. The maximum Gasteiger partial charge on any atom is 0.350 e. The van der Waals surface area contributed by atoms with Gasteiger partial charge in [0.15, 0.2) is 5.65 Å². The van der Waals surface area contributed by atoms with Crippen molar-refractivity contribution in [3.63, 3.8) is 0 Å². The molecule has 0 aliphatic heterocycles. The number of nitrogens with one attached hydrogen (secondary N) is 1. The molecule has 0 bridgehead atoms. The van der Waals surface area contributed by atoms with Gasteiger partial charge in [-0.3, -0.25) is 9.20 Å². The van der Waals surface area contributed by atoms with Gasteiger partial charge in [0.1, 0.15) is 10.7 Å². The summed E-state index contributed by atoms with van der Waals surface area (Å²) < 4.78 is 2.91. The molecule has 1 amide bonds. The first-order chi connectivity index (χ1) is 13.2. The summed E-state index contributed by atoms with van der Waals surface area (Å²) in [5.41, 5.74) is 1.84. The van der Waals surface area contributed by atoms with Gasteiger partial charge in [-0.05, 0) is 18.6 Å². The largest absolute Gasteiger partial charge is 0.351 e. The highest BCUT2D eigenvalue weighted by molar-refractivity contribution is 7.13. The van der Waals surface area contributed by atoms with Crippen LogP contribution < -0.4 is 11.0 Å². The molecule has 0 aliphatic rings. The zero-order valence-electron chi connectivity index (χ0n) is 14.4. The van der Waals surface area contributed by atoms with Crippen LogP contribution in [0, 0.1) is 0 Å². The molecule has 136 valence electrons. The lowest BCUT2D eigenvalue weighted by Gasteiger charge is -2.03. The summed E-state index contributed by atoms with van der Waals surface area (Å²) in [6.07, 6.45) is 2.29. The van der Waals surface area contributed by atoms with Crippen LogP contribution in [0.15, 0.2) is 64.9 Å². The predicted molar refractivity (Wildman–Crippen MR) is 104 cm³/mol. The van der Waals surface area contributed by atoms with Gasteiger partial charge < -0.3 is 5.32 Å². The SMILES string of the molecule is O=C(NCCCn1nc2ccccn2c1=O)c1csc(-c2ccccc2)n1. The van der Waals surface area contributed by atoms with Gasteiger partial charge in [-0.15, -0.1) is 16.4 Å². The minimum atomic E-state index is -0.212. The summed E-state index contributed by atoms with van der Waals surface area (Å²) >= 11 is 1.44. The molecule has 0 saturated heterocycles. The van der Waals surface area contributed by atoms with Crippen molar-refractivity contribution in [2.75, 3.05) is 6.54 Å². The standard InChI is InChI=1S/C19H17N5O2S/c25-17(15-13-27-18(21-15)14-7-2-1-3-8-14)20-10-6-12-24-19(26)23-11-5-4-9-16(23)22-24/h1-5,7-9,11,13H,6,10,12H2,(H,20,25). The number of nitrogens with zero attached hydrogens (tertiary/aromatic N) is 4. The van der Waals surface area contributed by atoms with Crippen molar-refractivity contribution in [3.05, 3.63) is 76.3 Å². The van der Waals surface area contributed by atoms with Gasteiger partial charge in [0, 0.05) is 30.2 Å². The van der Waals surface area contributed by atoms with E-state index in [1.54, 1.807) is 23.7 Å². The predicted octanol–water partition coefficient (Wildman–Crippen LogP) is 2.44. The van der Waals surface area contributed by atoms with Crippen LogP contribution in [0.1, 0.15) is 16.9 Å². The number of benzene rings is 1. The normalized spacial score (nSPS) is 11.0. The fourth-order valence-electron chi connectivity index (χ4n) is 2.73. The Labute approximate surface area is 158 Å². The first-order valence-corrected chi connectivity index (χ1v) is 9.44. The third-order valence-electron chi connectivity index (χ3n) is 4.08. The molecule has 7 nitrogen and oxygen atoms in total. The lowest BCUT2D eigenvalue weighted by Crippen LogP contribution is -2.27. The third kappa shape index (κ3) is 3.65. The second-order valence-corrected chi connectivity index (χ2v) is 6.81. The van der Waals surface area contributed by atoms with E-state index in [1.807, 2.05) is 36.4 Å². The smallest absolute Gasteiger partial charge is 0.350 e. The molecular weight excluding hydrogens is 362 g/mol. The Morgan fingerprint density at radius 2 is 1.93 bits per heavy atom. The molecular formula is C19H17N5O2S. The Morgan fingerprint density at radius 1 is 1.11 bits per heavy atom. The number of carbonyl (C=O) groups is 1. The molecule has 0 fully saturated rings. The van der Waals surface area contributed by atoms with Crippen LogP contribution in [0.2, 0.25) is 0 Å². The quantitative estimate of drug-likeness (QED) is 0.522. The van der Waals surface area contributed by atoms with Crippen LogP contribution in [0.25, 0.3) is 16.2 Å². The van der Waals surface area contributed by atoms with E-state index in [2.05, 4.69) is 15.4 Å². The van der Waals surface area contributed by atoms with E-state index >= 15 is 0 Å². The van der Waals surface area contributed by atoms with Crippen molar-refractivity contribution in [2.24, 2.45) is 0 Å². The molecule has 3 aromatic heterocycles. The molecule has 0 radical (unpaired) electrons. The molecule has 4 rings (SSSR count). The summed E-state index contributed by atoms with van der Waals surface area (Å²) in [6.45, 7) is 0.879. The molecule has 1 aromatic carbocycles. The van der Waals surface area contributed by atoms with Gasteiger partial charge in [0.05, 0.1) is 0 Å². The van der Waals surface area contributed by atoms with Crippen LogP contribution in [0.4, 0.5) is 0 Å². The molecule has 0 atom stereocenters. The Bertz CT molecular complexity index is 1130. The van der Waals surface area contributed by atoms with Crippen LogP contribution >= 0.6 is 11.3 Å². The van der Waals surface area contributed by atoms with Crippen LogP contribution in [0.3, 0.4) is 0 Å². The minimum Gasteiger partial charge on any atom is -0.351 e. The summed E-state index contributed by atoms with van der Waals surface area (Å²) in [5.74, 6) is -0.212. The number of fused-ring (bicyclic) bond motifs is 1. The van der Waals surface area contributed by atoms with E-state index in [0.29, 0.717) is 30.9 Å². The van der Waals surface area contributed by atoms with E-state index in [4.69, 9.17) is 0 Å². The van der Waals surface area contributed by atoms with Gasteiger partial charge in [-0.1, -0.05) is 36.4 Å². The maximum absolute atomic E-state index is 12.3. The molecule has 0 saturated carbocycles. The number of pyridine rings is 1. The fraction of sp³-hybridized carbons (Fsp3) is 0.158. The van der Waals surface area contributed by atoms with Crippen molar-refractivity contribution >= 4 is 22.9 Å². The second-order valence-electron chi connectivity index (χ2n) is 5.95. The number of aryl methyl sites for hydroxylation is 1. The zero-order chi connectivity index (χ0) is 18.6. The highest BCUT2D eigenvalue weighted by atomic mass is 32.1.